The number of rotatable bonds is 7. The molecule has 170 valence electrons. The van der Waals surface area contributed by atoms with Crippen LogP contribution in [0.4, 0.5) is 0 Å². The smallest absolute Gasteiger partial charge is 0.306 e. The van der Waals surface area contributed by atoms with Gasteiger partial charge in [0.05, 0.1) is 5.92 Å². The predicted octanol–water partition coefficient (Wildman–Crippen LogP) is 6.46. The van der Waals surface area contributed by atoms with Gasteiger partial charge < -0.3 is 5.11 Å². The minimum Gasteiger partial charge on any atom is -0.481 e. The molecule has 0 unspecified atom stereocenters. The van der Waals surface area contributed by atoms with E-state index in [0.29, 0.717) is 17.9 Å². The molecule has 33 heavy (non-hydrogen) atoms. The second-order valence-electron chi connectivity index (χ2n) is 9.28. The second-order valence-corrected chi connectivity index (χ2v) is 9.28. The van der Waals surface area contributed by atoms with E-state index in [0.717, 1.165) is 36.9 Å². The minimum absolute atomic E-state index is 0.0241. The first-order valence-corrected chi connectivity index (χ1v) is 11.8. The van der Waals surface area contributed by atoms with Gasteiger partial charge in [-0.2, -0.15) is 0 Å². The maximum Gasteiger partial charge on any atom is 0.306 e. The van der Waals surface area contributed by atoms with Gasteiger partial charge in [-0.1, -0.05) is 48.5 Å². The molecular weight excluding hydrogens is 410 g/mol. The summed E-state index contributed by atoms with van der Waals surface area (Å²) in [5.41, 5.74) is 6.29. The lowest BCUT2D eigenvalue weighted by Gasteiger charge is -2.27. The van der Waals surface area contributed by atoms with Gasteiger partial charge in [0.1, 0.15) is 0 Å². The molecule has 4 rings (SSSR count). The summed E-state index contributed by atoms with van der Waals surface area (Å²) in [6.07, 6.45) is 5.41. The zero-order valence-corrected chi connectivity index (χ0v) is 19.3. The Kier molecular flexibility index (Phi) is 7.02. The topological polar surface area (TPSA) is 67.3 Å². The number of aliphatic carboxylic acids is 1. The number of aryl methyl sites for hydroxylation is 2. The second kappa shape index (κ2) is 10.1. The molecule has 1 atom stereocenters. The highest BCUT2D eigenvalue weighted by Gasteiger charge is 2.27. The van der Waals surface area contributed by atoms with Crippen molar-refractivity contribution in [3.05, 3.63) is 100 Å². The summed E-state index contributed by atoms with van der Waals surface area (Å²) in [7, 11) is 0. The van der Waals surface area contributed by atoms with E-state index >= 15 is 0 Å². The van der Waals surface area contributed by atoms with Crippen molar-refractivity contribution in [2.45, 2.75) is 57.8 Å². The van der Waals surface area contributed by atoms with Gasteiger partial charge in [-0.15, -0.1) is 0 Å². The van der Waals surface area contributed by atoms with E-state index in [9.17, 15) is 14.7 Å². The average molecular weight is 442 g/mol. The number of nitrogens with zero attached hydrogens (tertiary/aromatic N) is 1. The Balaban J connectivity index is 1.58. The molecule has 4 heteroatoms. The molecule has 0 saturated heterocycles. The molecular formula is C29H31NO3. The molecule has 1 aliphatic rings. The molecule has 0 radical (unpaired) electrons. The maximum atomic E-state index is 13.2. The number of pyridine rings is 1. The van der Waals surface area contributed by atoms with Crippen LogP contribution in [-0.4, -0.2) is 21.8 Å². The first-order valence-electron chi connectivity index (χ1n) is 11.8. The summed E-state index contributed by atoms with van der Waals surface area (Å²) in [4.78, 5) is 28.7. The fourth-order valence-electron chi connectivity index (χ4n) is 5.08. The monoisotopic (exact) mass is 441 g/mol. The van der Waals surface area contributed by atoms with Crippen molar-refractivity contribution in [3.63, 3.8) is 0 Å². The Hall–Kier alpha value is -3.27. The van der Waals surface area contributed by atoms with Crippen molar-refractivity contribution in [2.75, 3.05) is 0 Å². The van der Waals surface area contributed by atoms with Crippen molar-refractivity contribution in [1.82, 2.24) is 4.98 Å². The van der Waals surface area contributed by atoms with Crippen molar-refractivity contribution < 1.29 is 14.7 Å². The molecule has 1 heterocycles. The summed E-state index contributed by atoms with van der Waals surface area (Å²) in [6.45, 7) is 4.00. The van der Waals surface area contributed by atoms with Gasteiger partial charge in [0.25, 0.3) is 0 Å². The summed E-state index contributed by atoms with van der Waals surface area (Å²) >= 11 is 0. The molecule has 4 nitrogen and oxygen atoms in total. The average Bonchev–Trinajstić information content (AvgIpc) is 2.83. The predicted molar refractivity (Wildman–Crippen MR) is 130 cm³/mol. The Morgan fingerprint density at radius 1 is 0.970 bits per heavy atom. The number of carboxylic acids is 1. The third-order valence-electron chi connectivity index (χ3n) is 7.06. The zero-order valence-electron chi connectivity index (χ0n) is 19.3. The van der Waals surface area contributed by atoms with Crippen LogP contribution in [0.25, 0.3) is 0 Å². The highest BCUT2D eigenvalue weighted by molar-refractivity contribution is 5.96. The Morgan fingerprint density at radius 2 is 1.67 bits per heavy atom. The van der Waals surface area contributed by atoms with Crippen LogP contribution >= 0.6 is 0 Å². The van der Waals surface area contributed by atoms with E-state index in [4.69, 9.17) is 0 Å². The number of benzene rings is 2. The third kappa shape index (κ3) is 5.39. The summed E-state index contributed by atoms with van der Waals surface area (Å²) in [6, 6.07) is 20.6. The molecule has 1 aliphatic carbocycles. The van der Waals surface area contributed by atoms with Crippen LogP contribution in [0.3, 0.4) is 0 Å². The van der Waals surface area contributed by atoms with Gasteiger partial charge in [-0.05, 0) is 79.8 Å². The standard InChI is InChI=1S/C29H31NO3/c1-19-5-3-4-6-26(19)27(18-28(31)25-15-16-30-20(2)17-25)23-11-7-21(8-12-23)22-9-13-24(14-10-22)29(32)33/h3-8,11-12,15-17,22,24,27H,9-10,13-14,18H2,1-2H3,(H,32,33)/t22?,24?,27-/m1/s1. The Morgan fingerprint density at radius 3 is 2.30 bits per heavy atom. The number of hydrogen-bond acceptors (Lipinski definition) is 3. The number of carboxylic acid groups (broad SMARTS) is 1. The van der Waals surface area contributed by atoms with Gasteiger partial charge in [-0.3, -0.25) is 14.6 Å². The van der Waals surface area contributed by atoms with Gasteiger partial charge in [0.15, 0.2) is 5.78 Å². The number of Topliss-reactive ketones (excluding diaryl/α,β-unsaturated/α-hetero) is 1. The van der Waals surface area contributed by atoms with Crippen molar-refractivity contribution in [3.8, 4) is 0 Å². The number of carbonyl (C=O) groups is 2. The van der Waals surface area contributed by atoms with E-state index in [1.807, 2.05) is 25.1 Å². The van der Waals surface area contributed by atoms with Crippen LogP contribution in [0.2, 0.25) is 0 Å². The van der Waals surface area contributed by atoms with E-state index in [1.54, 1.807) is 12.3 Å². The van der Waals surface area contributed by atoms with Crippen LogP contribution in [0.15, 0.2) is 66.9 Å². The maximum absolute atomic E-state index is 13.2. The lowest BCUT2D eigenvalue weighted by atomic mass is 9.78. The molecule has 0 bridgehead atoms. The van der Waals surface area contributed by atoms with Gasteiger partial charge >= 0.3 is 5.97 Å². The zero-order chi connectivity index (χ0) is 23.4. The molecule has 1 fully saturated rings. The Bertz CT molecular complexity index is 1130. The fourth-order valence-corrected chi connectivity index (χ4v) is 5.08. The summed E-state index contributed by atoms with van der Waals surface area (Å²) in [5.74, 6) is -0.366. The first kappa shape index (κ1) is 22.9. The molecule has 1 saturated carbocycles. The van der Waals surface area contributed by atoms with E-state index in [2.05, 4.69) is 48.3 Å². The summed E-state index contributed by atoms with van der Waals surface area (Å²) in [5, 5.41) is 9.26. The number of carbonyl (C=O) groups excluding carboxylic acids is 1. The number of ketones is 1. The third-order valence-corrected chi connectivity index (χ3v) is 7.06. The highest BCUT2D eigenvalue weighted by Crippen LogP contribution is 2.37. The number of aromatic nitrogens is 1. The normalized spacial score (nSPS) is 19.1. The molecule has 0 amide bonds. The Labute approximate surface area is 195 Å². The van der Waals surface area contributed by atoms with Gasteiger partial charge in [0.2, 0.25) is 0 Å². The number of hydrogen-bond donors (Lipinski definition) is 1. The van der Waals surface area contributed by atoms with Gasteiger partial charge in [-0.25, -0.2) is 0 Å². The molecule has 0 aliphatic heterocycles. The first-order chi connectivity index (χ1) is 15.9. The molecule has 0 spiro atoms. The highest BCUT2D eigenvalue weighted by atomic mass is 16.4. The molecule has 1 aromatic heterocycles. The largest absolute Gasteiger partial charge is 0.481 e. The minimum atomic E-state index is -0.668. The molecule has 3 aromatic rings. The quantitative estimate of drug-likeness (QED) is 0.427. The summed E-state index contributed by atoms with van der Waals surface area (Å²) < 4.78 is 0. The SMILES string of the molecule is Cc1cc(C(=O)C[C@H](c2ccc(C3CCC(C(=O)O)CC3)cc2)c2ccccc2C)ccn1. The lowest BCUT2D eigenvalue weighted by molar-refractivity contribution is -0.142. The van der Waals surface area contributed by atoms with Crippen LogP contribution in [0, 0.1) is 19.8 Å². The van der Waals surface area contributed by atoms with Crippen molar-refractivity contribution in [2.24, 2.45) is 5.92 Å². The van der Waals surface area contributed by atoms with Crippen LogP contribution in [0.5, 0.6) is 0 Å². The fraction of sp³-hybridized carbons (Fsp3) is 0.345. The van der Waals surface area contributed by atoms with Crippen molar-refractivity contribution >= 4 is 11.8 Å². The van der Waals surface area contributed by atoms with Gasteiger partial charge in [0, 0.05) is 29.8 Å². The van der Waals surface area contributed by atoms with E-state index < -0.39 is 5.97 Å². The van der Waals surface area contributed by atoms with Crippen LogP contribution in [0.1, 0.15) is 82.2 Å². The van der Waals surface area contributed by atoms with Crippen LogP contribution in [-0.2, 0) is 4.79 Å². The lowest BCUT2D eigenvalue weighted by Crippen LogP contribution is -2.20. The van der Waals surface area contributed by atoms with Crippen molar-refractivity contribution in [1.29, 1.82) is 0 Å². The molecule has 1 N–H and O–H groups in total. The van der Waals surface area contributed by atoms with Crippen LogP contribution < -0.4 is 0 Å². The van der Waals surface area contributed by atoms with E-state index in [-0.39, 0.29) is 17.6 Å². The van der Waals surface area contributed by atoms with E-state index in [1.165, 1.54) is 16.7 Å². The molecule has 2 aromatic carbocycles.